The summed E-state index contributed by atoms with van der Waals surface area (Å²) in [7, 11) is 0. The fraction of sp³-hybridized carbons (Fsp3) is 0.345. The van der Waals surface area contributed by atoms with Crippen molar-refractivity contribution in [2.24, 2.45) is 0 Å². The van der Waals surface area contributed by atoms with Gasteiger partial charge in [-0.15, -0.1) is 6.42 Å². The van der Waals surface area contributed by atoms with Crippen molar-refractivity contribution >= 4 is 29.5 Å². The monoisotopic (exact) mass is 569 g/mol. The number of amides is 2. The molecule has 2 unspecified atom stereocenters. The highest BCUT2D eigenvalue weighted by molar-refractivity contribution is 6.30. The maximum atomic E-state index is 15.2. The third kappa shape index (κ3) is 6.11. The lowest BCUT2D eigenvalue weighted by Gasteiger charge is -2.37. The molecule has 1 aliphatic rings. The van der Waals surface area contributed by atoms with Crippen molar-refractivity contribution in [3.63, 3.8) is 0 Å². The maximum Gasteiger partial charge on any atom is 0.410 e. The molecule has 0 spiro atoms. The van der Waals surface area contributed by atoms with Gasteiger partial charge in [-0.25, -0.2) is 18.6 Å². The maximum absolute atomic E-state index is 15.2. The molecule has 2 atom stereocenters. The predicted molar refractivity (Wildman–Crippen MR) is 148 cm³/mol. The first kappa shape index (κ1) is 29.1. The van der Waals surface area contributed by atoms with Gasteiger partial charge in [-0.1, -0.05) is 29.7 Å². The molecule has 8 nitrogen and oxygen atoms in total. The first-order valence-corrected chi connectivity index (χ1v) is 13.0. The minimum Gasteiger partial charge on any atom is -0.444 e. The number of imidazole rings is 1. The molecular weight excluding hydrogens is 540 g/mol. The summed E-state index contributed by atoms with van der Waals surface area (Å²) in [6.45, 7) is 8.04. The van der Waals surface area contributed by atoms with Crippen molar-refractivity contribution in [1.29, 1.82) is 0 Å². The summed E-state index contributed by atoms with van der Waals surface area (Å²) in [5.74, 6) is -0.528. The van der Waals surface area contributed by atoms with Crippen molar-refractivity contribution in [1.82, 2.24) is 20.2 Å². The Kier molecular flexibility index (Phi) is 8.19. The molecule has 3 N–H and O–H groups in total. The van der Waals surface area contributed by atoms with Gasteiger partial charge in [0.25, 0.3) is 5.91 Å². The number of hydrogen-bond acceptors (Lipinski definition) is 5. The van der Waals surface area contributed by atoms with E-state index in [4.69, 9.17) is 22.8 Å². The van der Waals surface area contributed by atoms with Gasteiger partial charge in [0.2, 0.25) is 5.95 Å². The normalized spacial score (nSPS) is 17.1. The number of halogens is 3. The number of terminal acetylenes is 1. The van der Waals surface area contributed by atoms with Gasteiger partial charge < -0.3 is 15.0 Å². The zero-order chi connectivity index (χ0) is 29.2. The highest BCUT2D eigenvalue weighted by atomic mass is 35.5. The van der Waals surface area contributed by atoms with Crippen LogP contribution in [0.4, 0.5) is 19.5 Å². The molecule has 2 heterocycles. The molecule has 3 aromatic rings. The Bertz CT molecular complexity index is 1440. The van der Waals surface area contributed by atoms with Gasteiger partial charge >= 0.3 is 6.09 Å². The molecule has 0 bridgehead atoms. The molecule has 1 saturated heterocycles. The van der Waals surface area contributed by atoms with Gasteiger partial charge in [-0.2, -0.15) is 0 Å². The molecule has 0 aliphatic carbocycles. The number of nitrogens with one attached hydrogen (secondary N) is 3. The number of carbonyl (C=O) groups is 2. The lowest BCUT2D eigenvalue weighted by Crippen LogP contribution is -2.50. The summed E-state index contributed by atoms with van der Waals surface area (Å²) in [4.78, 5) is 34.2. The fourth-order valence-corrected chi connectivity index (χ4v) is 4.57. The number of rotatable bonds is 5. The highest BCUT2D eigenvalue weighted by Gasteiger charge is 2.34. The SMILES string of the molecule is C#CC(C)(c1ccc(Cl)cc1)c1c[nH]c(NC(=O)c2c(F)cc(C3CNCCN3C(=O)OC(C)(C)C)cc2F)n1. The van der Waals surface area contributed by atoms with E-state index in [-0.39, 0.29) is 18.1 Å². The number of anilines is 1. The third-order valence-corrected chi connectivity index (χ3v) is 6.83. The lowest BCUT2D eigenvalue weighted by molar-refractivity contribution is 0.0117. The molecule has 2 amide bonds. The highest BCUT2D eigenvalue weighted by Crippen LogP contribution is 2.32. The van der Waals surface area contributed by atoms with Crippen LogP contribution >= 0.6 is 11.6 Å². The van der Waals surface area contributed by atoms with Crippen molar-refractivity contribution in [3.05, 3.63) is 81.6 Å². The van der Waals surface area contributed by atoms with Gasteiger partial charge in [0, 0.05) is 30.9 Å². The second kappa shape index (κ2) is 11.3. The van der Waals surface area contributed by atoms with Crippen LogP contribution < -0.4 is 10.6 Å². The van der Waals surface area contributed by atoms with Gasteiger partial charge in [0.15, 0.2) is 0 Å². The van der Waals surface area contributed by atoms with E-state index in [9.17, 15) is 9.59 Å². The number of piperazine rings is 1. The number of carbonyl (C=O) groups excluding carboxylic acids is 2. The summed E-state index contributed by atoms with van der Waals surface area (Å²) in [6, 6.07) is 8.36. The number of aromatic amines is 1. The minimum absolute atomic E-state index is 0.0362. The Balaban J connectivity index is 1.55. The van der Waals surface area contributed by atoms with Crippen LogP contribution in [0.5, 0.6) is 0 Å². The molecular formula is C29H30ClF2N5O3. The third-order valence-electron chi connectivity index (χ3n) is 6.58. The van der Waals surface area contributed by atoms with Crippen LogP contribution in [-0.4, -0.2) is 52.1 Å². The number of ether oxygens (including phenoxy) is 1. The second-order valence-electron chi connectivity index (χ2n) is 10.6. The summed E-state index contributed by atoms with van der Waals surface area (Å²) < 4.78 is 35.9. The van der Waals surface area contributed by atoms with Crippen molar-refractivity contribution in [2.75, 3.05) is 25.0 Å². The van der Waals surface area contributed by atoms with E-state index < -0.39 is 46.3 Å². The van der Waals surface area contributed by atoms with Crippen LogP contribution in [0.1, 0.15) is 60.9 Å². The van der Waals surface area contributed by atoms with E-state index in [0.717, 1.165) is 17.7 Å². The second-order valence-corrected chi connectivity index (χ2v) is 11.1. The van der Waals surface area contributed by atoms with E-state index in [0.29, 0.717) is 23.8 Å². The largest absolute Gasteiger partial charge is 0.444 e. The molecule has 210 valence electrons. The van der Waals surface area contributed by atoms with Gasteiger partial charge in [0.1, 0.15) is 22.8 Å². The topological polar surface area (TPSA) is 99.4 Å². The van der Waals surface area contributed by atoms with Crippen LogP contribution in [0.15, 0.2) is 42.6 Å². The first-order chi connectivity index (χ1) is 18.8. The molecule has 11 heteroatoms. The Morgan fingerprint density at radius 1 is 1.18 bits per heavy atom. The van der Waals surface area contributed by atoms with Gasteiger partial charge in [0.05, 0.1) is 17.2 Å². The summed E-state index contributed by atoms with van der Waals surface area (Å²) in [5, 5.41) is 6.06. The number of hydrogen-bond donors (Lipinski definition) is 3. The standard InChI is InChI=1S/C29H30ClF2N5O3/c1-6-29(5,18-7-9-19(30)10-8-18)23-16-34-26(35-23)36-25(38)24-20(31)13-17(14-21(24)32)22-15-33-11-12-37(22)27(39)40-28(2,3)4/h1,7-10,13-14,16,22,33H,11-12,15H2,2-5H3,(H2,34,35,36,38). The summed E-state index contributed by atoms with van der Waals surface area (Å²) >= 11 is 5.99. The van der Waals surface area contributed by atoms with E-state index in [2.05, 4.69) is 26.5 Å². The smallest absolute Gasteiger partial charge is 0.410 e. The van der Waals surface area contributed by atoms with Crippen molar-refractivity contribution in [3.8, 4) is 12.3 Å². The van der Waals surface area contributed by atoms with Gasteiger partial charge in [-0.3, -0.25) is 15.0 Å². The summed E-state index contributed by atoms with van der Waals surface area (Å²) in [6.07, 6.45) is 6.75. The zero-order valence-corrected chi connectivity index (χ0v) is 23.3. The Morgan fingerprint density at radius 2 is 1.82 bits per heavy atom. The molecule has 1 fully saturated rings. The molecule has 1 aromatic heterocycles. The van der Waals surface area contributed by atoms with E-state index in [1.165, 1.54) is 11.1 Å². The van der Waals surface area contributed by atoms with Crippen LogP contribution in [0.25, 0.3) is 0 Å². The van der Waals surface area contributed by atoms with E-state index >= 15 is 8.78 Å². The fourth-order valence-electron chi connectivity index (χ4n) is 4.44. The van der Waals surface area contributed by atoms with Gasteiger partial charge in [-0.05, 0) is 63.1 Å². The lowest BCUT2D eigenvalue weighted by atomic mass is 9.81. The molecule has 40 heavy (non-hydrogen) atoms. The minimum atomic E-state index is -1.08. The van der Waals surface area contributed by atoms with E-state index in [1.807, 2.05) is 0 Å². The van der Waals surface area contributed by atoms with Crippen LogP contribution in [0, 0.1) is 24.0 Å². The first-order valence-electron chi connectivity index (χ1n) is 12.6. The number of H-pyrrole nitrogens is 1. The molecule has 2 aromatic carbocycles. The molecule has 4 rings (SSSR count). The van der Waals surface area contributed by atoms with Crippen molar-refractivity contribution < 1.29 is 23.1 Å². The summed E-state index contributed by atoms with van der Waals surface area (Å²) in [5.41, 5.74) is -1.13. The van der Waals surface area contributed by atoms with Crippen LogP contribution in [-0.2, 0) is 10.2 Å². The predicted octanol–water partition coefficient (Wildman–Crippen LogP) is 5.41. The molecule has 1 aliphatic heterocycles. The zero-order valence-electron chi connectivity index (χ0n) is 22.6. The van der Waals surface area contributed by atoms with E-state index in [1.54, 1.807) is 52.0 Å². The van der Waals surface area contributed by atoms with Crippen molar-refractivity contribution in [2.45, 2.75) is 44.8 Å². The number of benzene rings is 2. The number of nitrogens with zero attached hydrogens (tertiary/aromatic N) is 2. The number of aromatic nitrogens is 2. The molecule has 0 saturated carbocycles. The van der Waals surface area contributed by atoms with Crippen LogP contribution in [0.2, 0.25) is 5.02 Å². The Hall–Kier alpha value is -3.94. The Labute approximate surface area is 236 Å². The molecule has 0 radical (unpaired) electrons. The quantitative estimate of drug-likeness (QED) is 0.357. The Morgan fingerprint density at radius 3 is 2.42 bits per heavy atom. The average Bonchev–Trinajstić information content (AvgIpc) is 3.36. The average molecular weight is 570 g/mol. The van der Waals surface area contributed by atoms with Crippen LogP contribution in [0.3, 0.4) is 0 Å².